The van der Waals surface area contributed by atoms with Crippen LogP contribution in [0.1, 0.15) is 13.8 Å². The second-order valence-electron chi connectivity index (χ2n) is 4.73. The number of fused-ring (bicyclic) bond motifs is 1. The number of pyridine rings is 1. The zero-order chi connectivity index (χ0) is 13.1. The first-order valence-corrected chi connectivity index (χ1v) is 6.51. The summed E-state index contributed by atoms with van der Waals surface area (Å²) in [6, 6.07) is 7.95. The van der Waals surface area contributed by atoms with E-state index in [4.69, 9.17) is 17.3 Å². The predicted octanol–water partition coefficient (Wildman–Crippen LogP) is 3.28. The van der Waals surface area contributed by atoms with E-state index in [2.05, 4.69) is 24.1 Å². The van der Waals surface area contributed by atoms with Gasteiger partial charge in [-0.2, -0.15) is 0 Å². The average molecular weight is 264 g/mol. The molecule has 0 fully saturated rings. The lowest BCUT2D eigenvalue weighted by Gasteiger charge is -2.22. The molecule has 1 heterocycles. The molecule has 2 aromatic rings. The largest absolute Gasteiger partial charge is 0.379 e. The molecule has 0 bridgehead atoms. The van der Waals surface area contributed by atoms with Crippen LogP contribution >= 0.6 is 11.6 Å². The van der Waals surface area contributed by atoms with Crippen LogP contribution in [0.25, 0.3) is 10.9 Å². The first-order chi connectivity index (χ1) is 8.63. The fraction of sp³-hybridized carbons (Fsp3) is 0.357. The Morgan fingerprint density at radius 3 is 2.78 bits per heavy atom. The van der Waals surface area contributed by atoms with Crippen LogP contribution in [0.5, 0.6) is 0 Å². The molecule has 4 heteroatoms. The van der Waals surface area contributed by atoms with Crippen LogP contribution < -0.4 is 11.1 Å². The number of hydrogen-bond donors (Lipinski definition) is 2. The van der Waals surface area contributed by atoms with Crippen molar-refractivity contribution in [3.05, 3.63) is 35.5 Å². The first kappa shape index (κ1) is 13.1. The Morgan fingerprint density at radius 1 is 1.33 bits per heavy atom. The molecule has 0 saturated carbocycles. The maximum Gasteiger partial charge on any atom is 0.0948 e. The number of rotatable bonds is 4. The Bertz CT molecular complexity index is 540. The van der Waals surface area contributed by atoms with Crippen molar-refractivity contribution in [2.75, 3.05) is 11.9 Å². The number of anilines is 1. The molecule has 1 unspecified atom stereocenters. The van der Waals surface area contributed by atoms with Gasteiger partial charge in [-0.25, -0.2) is 0 Å². The topological polar surface area (TPSA) is 50.9 Å². The molecule has 96 valence electrons. The molecule has 1 aromatic heterocycles. The van der Waals surface area contributed by atoms with Gasteiger partial charge in [-0.15, -0.1) is 0 Å². The molecule has 2 rings (SSSR count). The van der Waals surface area contributed by atoms with Crippen LogP contribution in [-0.4, -0.2) is 17.6 Å². The standard InChI is InChI=1S/C14H18ClN3/c1-9(2)13(8-16)18-12-6-5-11(15)10-4-3-7-17-14(10)12/h3-7,9,13,18H,8,16H2,1-2H3. The third-order valence-electron chi connectivity index (χ3n) is 3.12. The third kappa shape index (κ3) is 2.57. The lowest BCUT2D eigenvalue weighted by molar-refractivity contribution is 0.532. The van der Waals surface area contributed by atoms with Crippen LogP contribution in [0.15, 0.2) is 30.5 Å². The summed E-state index contributed by atoms with van der Waals surface area (Å²) in [6.45, 7) is 4.89. The Morgan fingerprint density at radius 2 is 2.11 bits per heavy atom. The van der Waals surface area contributed by atoms with Gasteiger partial charge in [-0.3, -0.25) is 4.98 Å². The highest BCUT2D eigenvalue weighted by atomic mass is 35.5. The summed E-state index contributed by atoms with van der Waals surface area (Å²) < 4.78 is 0. The van der Waals surface area contributed by atoms with Crippen molar-refractivity contribution in [3.63, 3.8) is 0 Å². The van der Waals surface area contributed by atoms with Crippen LogP contribution in [0.2, 0.25) is 5.02 Å². The summed E-state index contributed by atoms with van der Waals surface area (Å²) in [5.41, 5.74) is 7.66. The Balaban J connectivity index is 2.42. The minimum Gasteiger partial charge on any atom is -0.379 e. The van der Waals surface area contributed by atoms with Crippen molar-refractivity contribution in [1.82, 2.24) is 4.98 Å². The van der Waals surface area contributed by atoms with Crippen LogP contribution in [0.4, 0.5) is 5.69 Å². The van der Waals surface area contributed by atoms with Crippen molar-refractivity contribution < 1.29 is 0 Å². The van der Waals surface area contributed by atoms with E-state index in [-0.39, 0.29) is 6.04 Å². The fourth-order valence-electron chi connectivity index (χ4n) is 1.95. The molecule has 0 spiro atoms. The van der Waals surface area contributed by atoms with E-state index < -0.39 is 0 Å². The summed E-state index contributed by atoms with van der Waals surface area (Å²) in [4.78, 5) is 4.40. The number of nitrogens with one attached hydrogen (secondary N) is 1. The van der Waals surface area contributed by atoms with E-state index in [1.165, 1.54) is 0 Å². The van der Waals surface area contributed by atoms with E-state index in [1.54, 1.807) is 6.20 Å². The number of halogens is 1. The van der Waals surface area contributed by atoms with Gasteiger partial charge in [0, 0.05) is 24.2 Å². The highest BCUT2D eigenvalue weighted by Gasteiger charge is 2.13. The molecule has 0 amide bonds. The van der Waals surface area contributed by atoms with Gasteiger partial charge in [0.1, 0.15) is 0 Å². The Kier molecular flexibility index (Phi) is 4.04. The molecular formula is C14H18ClN3. The summed E-state index contributed by atoms with van der Waals surface area (Å²) in [5.74, 6) is 0.462. The van der Waals surface area contributed by atoms with Crippen molar-refractivity contribution in [2.24, 2.45) is 11.7 Å². The van der Waals surface area contributed by atoms with Crippen molar-refractivity contribution in [3.8, 4) is 0 Å². The summed E-state index contributed by atoms with van der Waals surface area (Å²) in [5, 5.41) is 5.13. The number of nitrogens with zero attached hydrogens (tertiary/aromatic N) is 1. The third-order valence-corrected chi connectivity index (χ3v) is 3.45. The van der Waals surface area contributed by atoms with Crippen LogP contribution in [-0.2, 0) is 0 Å². The van der Waals surface area contributed by atoms with Gasteiger partial charge in [-0.1, -0.05) is 25.4 Å². The highest BCUT2D eigenvalue weighted by Crippen LogP contribution is 2.28. The average Bonchev–Trinajstić information content (AvgIpc) is 2.38. The highest BCUT2D eigenvalue weighted by molar-refractivity contribution is 6.35. The van der Waals surface area contributed by atoms with Gasteiger partial charge in [-0.05, 0) is 30.2 Å². The molecule has 0 saturated heterocycles. The second-order valence-corrected chi connectivity index (χ2v) is 5.13. The normalized spacial score (nSPS) is 12.9. The minimum absolute atomic E-state index is 0.233. The molecule has 0 radical (unpaired) electrons. The maximum atomic E-state index is 6.17. The molecule has 0 aliphatic carbocycles. The van der Waals surface area contributed by atoms with Crippen LogP contribution in [0.3, 0.4) is 0 Å². The minimum atomic E-state index is 0.233. The zero-order valence-corrected chi connectivity index (χ0v) is 11.4. The summed E-state index contributed by atoms with van der Waals surface area (Å²) in [6.07, 6.45) is 1.77. The van der Waals surface area contributed by atoms with Crippen molar-refractivity contribution >= 4 is 28.2 Å². The molecule has 0 aliphatic rings. The van der Waals surface area contributed by atoms with Crippen LogP contribution in [0, 0.1) is 5.92 Å². The first-order valence-electron chi connectivity index (χ1n) is 6.13. The molecule has 18 heavy (non-hydrogen) atoms. The van der Waals surface area contributed by atoms with Gasteiger partial charge in [0.2, 0.25) is 0 Å². The fourth-order valence-corrected chi connectivity index (χ4v) is 2.17. The Labute approximate surface area is 112 Å². The molecule has 3 nitrogen and oxygen atoms in total. The predicted molar refractivity (Wildman–Crippen MR) is 78.1 cm³/mol. The molecular weight excluding hydrogens is 246 g/mol. The molecule has 1 atom stereocenters. The summed E-state index contributed by atoms with van der Waals surface area (Å²) in [7, 11) is 0. The van der Waals surface area contributed by atoms with E-state index in [9.17, 15) is 0 Å². The lowest BCUT2D eigenvalue weighted by atomic mass is 10.0. The van der Waals surface area contributed by atoms with Crippen molar-refractivity contribution in [2.45, 2.75) is 19.9 Å². The summed E-state index contributed by atoms with van der Waals surface area (Å²) >= 11 is 6.17. The number of hydrogen-bond acceptors (Lipinski definition) is 3. The maximum absolute atomic E-state index is 6.17. The monoisotopic (exact) mass is 263 g/mol. The molecule has 3 N–H and O–H groups in total. The number of nitrogens with two attached hydrogens (primary N) is 1. The Hall–Kier alpha value is -1.32. The van der Waals surface area contributed by atoms with E-state index >= 15 is 0 Å². The SMILES string of the molecule is CC(C)C(CN)Nc1ccc(Cl)c2cccnc12. The van der Waals surface area contributed by atoms with Gasteiger partial charge >= 0.3 is 0 Å². The molecule has 0 aliphatic heterocycles. The van der Waals surface area contributed by atoms with E-state index in [0.29, 0.717) is 12.5 Å². The molecule has 1 aromatic carbocycles. The smallest absolute Gasteiger partial charge is 0.0948 e. The number of aromatic nitrogens is 1. The van der Waals surface area contributed by atoms with Gasteiger partial charge in [0.15, 0.2) is 0 Å². The number of benzene rings is 1. The van der Waals surface area contributed by atoms with Gasteiger partial charge < -0.3 is 11.1 Å². The van der Waals surface area contributed by atoms with E-state index in [1.807, 2.05) is 24.3 Å². The quantitative estimate of drug-likeness (QED) is 0.890. The van der Waals surface area contributed by atoms with Crippen molar-refractivity contribution in [1.29, 1.82) is 0 Å². The second kappa shape index (κ2) is 5.55. The van der Waals surface area contributed by atoms with E-state index in [0.717, 1.165) is 21.6 Å². The van der Waals surface area contributed by atoms with Gasteiger partial charge in [0.25, 0.3) is 0 Å². The van der Waals surface area contributed by atoms with Gasteiger partial charge in [0.05, 0.1) is 16.2 Å². The zero-order valence-electron chi connectivity index (χ0n) is 10.7. The lowest BCUT2D eigenvalue weighted by Crippen LogP contribution is -2.33.